The first-order valence-corrected chi connectivity index (χ1v) is 6.95. The van der Waals surface area contributed by atoms with Crippen molar-refractivity contribution in [3.63, 3.8) is 0 Å². The molecule has 2 amide bonds. The molecular weight excluding hydrogens is 317 g/mol. The molecule has 7 nitrogen and oxygen atoms in total. The van der Waals surface area contributed by atoms with Crippen LogP contribution in [0.5, 0.6) is 5.88 Å². The summed E-state index contributed by atoms with van der Waals surface area (Å²) in [5.41, 5.74) is 0. The minimum atomic E-state index is -4.48. The molecule has 0 saturated carbocycles. The zero-order valence-electron chi connectivity index (χ0n) is 12.7. The molecule has 1 unspecified atom stereocenters. The van der Waals surface area contributed by atoms with E-state index in [1.165, 1.54) is 17.9 Å². The highest BCUT2D eigenvalue weighted by Crippen LogP contribution is 2.25. The lowest BCUT2D eigenvalue weighted by Gasteiger charge is -2.31. The lowest BCUT2D eigenvalue weighted by Crippen LogP contribution is -2.49. The predicted molar refractivity (Wildman–Crippen MR) is 73.7 cm³/mol. The molecule has 1 aliphatic heterocycles. The molecule has 1 saturated heterocycles. The number of nitrogens with zero attached hydrogens (tertiary/aromatic N) is 3. The van der Waals surface area contributed by atoms with E-state index < -0.39 is 30.5 Å². The van der Waals surface area contributed by atoms with Crippen LogP contribution in [0.1, 0.15) is 12.8 Å². The van der Waals surface area contributed by atoms with Gasteiger partial charge in [0.15, 0.2) is 5.82 Å². The molecule has 0 aliphatic carbocycles. The first-order chi connectivity index (χ1) is 10.7. The highest BCUT2D eigenvalue weighted by atomic mass is 19.4. The average Bonchev–Trinajstić information content (AvgIpc) is 2.79. The minimum Gasteiger partial charge on any atom is -0.481 e. The van der Waals surface area contributed by atoms with Crippen molar-refractivity contribution < 1.29 is 27.5 Å². The Morgan fingerprint density at radius 2 is 2.22 bits per heavy atom. The lowest BCUT2D eigenvalue weighted by atomic mass is 9.96. The van der Waals surface area contributed by atoms with Crippen molar-refractivity contribution in [2.45, 2.75) is 19.0 Å². The molecular formula is C13H17F3N4O3. The second-order valence-corrected chi connectivity index (χ2v) is 5.25. The number of hydrogen-bond donors (Lipinski definition) is 1. The van der Waals surface area contributed by atoms with Crippen molar-refractivity contribution in [2.75, 3.05) is 25.5 Å². The highest BCUT2D eigenvalue weighted by molar-refractivity contribution is 6.06. The van der Waals surface area contributed by atoms with Crippen LogP contribution in [0.3, 0.4) is 0 Å². The van der Waals surface area contributed by atoms with Crippen LogP contribution in [0, 0.1) is 5.92 Å². The third kappa shape index (κ3) is 4.14. The number of anilines is 1. The fourth-order valence-corrected chi connectivity index (χ4v) is 2.47. The molecule has 0 radical (unpaired) electrons. The normalized spacial score (nSPS) is 18.9. The zero-order valence-corrected chi connectivity index (χ0v) is 12.7. The van der Waals surface area contributed by atoms with Crippen LogP contribution in [0.2, 0.25) is 0 Å². The summed E-state index contributed by atoms with van der Waals surface area (Å²) < 4.78 is 43.7. The summed E-state index contributed by atoms with van der Waals surface area (Å²) in [5.74, 6) is -2.04. The van der Waals surface area contributed by atoms with E-state index >= 15 is 0 Å². The van der Waals surface area contributed by atoms with Crippen LogP contribution >= 0.6 is 0 Å². The number of halogens is 3. The number of amides is 2. The summed E-state index contributed by atoms with van der Waals surface area (Å²) in [4.78, 5) is 24.9. The number of likely N-dealkylation sites (tertiary alicyclic amines) is 1. The van der Waals surface area contributed by atoms with Gasteiger partial charge in [0.1, 0.15) is 12.5 Å². The Kier molecular flexibility index (Phi) is 4.81. The maximum Gasteiger partial charge on any atom is 0.406 e. The molecule has 1 aromatic heterocycles. The van der Waals surface area contributed by atoms with Gasteiger partial charge in [-0.15, -0.1) is 0 Å². The van der Waals surface area contributed by atoms with Gasteiger partial charge in [0, 0.05) is 19.7 Å². The molecule has 1 aliphatic rings. The number of aryl methyl sites for hydroxylation is 1. The van der Waals surface area contributed by atoms with E-state index in [1.54, 1.807) is 7.05 Å². The molecule has 1 N–H and O–H groups in total. The van der Waals surface area contributed by atoms with Gasteiger partial charge in [-0.3, -0.25) is 9.59 Å². The van der Waals surface area contributed by atoms with E-state index in [0.717, 1.165) is 0 Å². The monoisotopic (exact) mass is 334 g/mol. The summed E-state index contributed by atoms with van der Waals surface area (Å²) >= 11 is 0. The number of nitrogens with one attached hydrogen (secondary N) is 1. The van der Waals surface area contributed by atoms with Crippen molar-refractivity contribution in [3.05, 3.63) is 6.07 Å². The van der Waals surface area contributed by atoms with Gasteiger partial charge < -0.3 is 15.0 Å². The third-order valence-corrected chi connectivity index (χ3v) is 3.51. The number of rotatable bonds is 4. The largest absolute Gasteiger partial charge is 0.481 e. The van der Waals surface area contributed by atoms with Crippen LogP contribution in [-0.4, -0.2) is 52.9 Å². The van der Waals surface area contributed by atoms with Crippen LogP contribution < -0.4 is 10.1 Å². The Morgan fingerprint density at radius 3 is 2.78 bits per heavy atom. The SMILES string of the molecule is COc1cc(NC(=O)C2CCCN(CC(F)(F)F)C2=O)nn1C. The Bertz CT molecular complexity index is 600. The van der Waals surface area contributed by atoms with Crippen molar-refractivity contribution in [1.82, 2.24) is 14.7 Å². The minimum absolute atomic E-state index is 0.000463. The van der Waals surface area contributed by atoms with E-state index in [0.29, 0.717) is 17.2 Å². The number of aromatic nitrogens is 2. The molecule has 23 heavy (non-hydrogen) atoms. The molecule has 0 aromatic carbocycles. The summed E-state index contributed by atoms with van der Waals surface area (Å²) in [6.45, 7) is -1.34. The highest BCUT2D eigenvalue weighted by Gasteiger charge is 2.40. The number of alkyl halides is 3. The maximum atomic E-state index is 12.5. The molecule has 0 spiro atoms. The number of ether oxygens (including phenoxy) is 1. The average molecular weight is 334 g/mol. The summed E-state index contributed by atoms with van der Waals surface area (Å²) in [5, 5.41) is 6.42. The van der Waals surface area contributed by atoms with E-state index in [1.807, 2.05) is 0 Å². The Labute approximate surface area is 130 Å². The number of carbonyl (C=O) groups is 2. The van der Waals surface area contributed by atoms with Gasteiger partial charge in [-0.1, -0.05) is 0 Å². The first-order valence-electron chi connectivity index (χ1n) is 6.95. The van der Waals surface area contributed by atoms with E-state index in [9.17, 15) is 22.8 Å². The molecule has 1 aromatic rings. The molecule has 1 fully saturated rings. The second-order valence-electron chi connectivity index (χ2n) is 5.25. The van der Waals surface area contributed by atoms with E-state index in [-0.39, 0.29) is 18.8 Å². The Balaban J connectivity index is 2.04. The molecule has 2 rings (SSSR count). The first kappa shape index (κ1) is 17.1. The predicted octanol–water partition coefficient (Wildman–Crippen LogP) is 1.17. The zero-order chi connectivity index (χ0) is 17.2. The molecule has 128 valence electrons. The smallest absolute Gasteiger partial charge is 0.406 e. The fourth-order valence-electron chi connectivity index (χ4n) is 2.47. The van der Waals surface area contributed by atoms with Gasteiger partial charge in [0.05, 0.1) is 7.11 Å². The van der Waals surface area contributed by atoms with Gasteiger partial charge in [-0.25, -0.2) is 4.68 Å². The van der Waals surface area contributed by atoms with Crippen molar-refractivity contribution in [3.8, 4) is 5.88 Å². The Hall–Kier alpha value is -2.26. The fraction of sp³-hybridized carbons (Fsp3) is 0.615. The van der Waals surface area contributed by atoms with Gasteiger partial charge in [0.2, 0.25) is 17.7 Å². The number of carbonyl (C=O) groups excluding carboxylic acids is 2. The maximum absolute atomic E-state index is 12.5. The molecule has 10 heteroatoms. The van der Waals surface area contributed by atoms with E-state index in [2.05, 4.69) is 10.4 Å². The van der Waals surface area contributed by atoms with Crippen LogP contribution in [0.15, 0.2) is 6.07 Å². The van der Waals surface area contributed by atoms with Crippen LogP contribution in [-0.2, 0) is 16.6 Å². The number of hydrogen-bond acceptors (Lipinski definition) is 4. The summed E-state index contributed by atoms with van der Waals surface area (Å²) in [6.07, 6.45) is -3.93. The van der Waals surface area contributed by atoms with Crippen molar-refractivity contribution >= 4 is 17.6 Å². The van der Waals surface area contributed by atoms with Crippen molar-refractivity contribution in [2.24, 2.45) is 13.0 Å². The number of methoxy groups -OCH3 is 1. The van der Waals surface area contributed by atoms with Gasteiger partial charge in [-0.2, -0.15) is 18.3 Å². The third-order valence-electron chi connectivity index (χ3n) is 3.51. The van der Waals surface area contributed by atoms with Crippen LogP contribution in [0.4, 0.5) is 19.0 Å². The summed E-state index contributed by atoms with van der Waals surface area (Å²) in [6, 6.07) is 1.46. The molecule has 2 heterocycles. The topological polar surface area (TPSA) is 76.5 Å². The van der Waals surface area contributed by atoms with Crippen LogP contribution in [0.25, 0.3) is 0 Å². The Morgan fingerprint density at radius 1 is 1.52 bits per heavy atom. The molecule has 1 atom stereocenters. The van der Waals surface area contributed by atoms with Gasteiger partial charge in [0.25, 0.3) is 0 Å². The van der Waals surface area contributed by atoms with E-state index in [4.69, 9.17) is 4.74 Å². The standard InChI is InChI=1S/C13H17F3N4O3/c1-19-10(23-2)6-9(18-19)17-11(21)8-4-3-5-20(12(8)22)7-13(14,15)16/h6,8H,3-5,7H2,1-2H3,(H,17,18,21). The molecule has 0 bridgehead atoms. The van der Waals surface area contributed by atoms with Gasteiger partial charge >= 0.3 is 6.18 Å². The quantitative estimate of drug-likeness (QED) is 0.839. The number of piperidine rings is 1. The van der Waals surface area contributed by atoms with Crippen molar-refractivity contribution in [1.29, 1.82) is 0 Å². The lowest BCUT2D eigenvalue weighted by molar-refractivity contribution is -0.167. The summed E-state index contributed by atoms with van der Waals surface area (Å²) in [7, 11) is 3.04. The van der Waals surface area contributed by atoms with Gasteiger partial charge in [-0.05, 0) is 12.8 Å². The second kappa shape index (κ2) is 6.47.